The predicted octanol–water partition coefficient (Wildman–Crippen LogP) is -1.78. The van der Waals surface area contributed by atoms with Crippen molar-refractivity contribution in [3.63, 3.8) is 0 Å². The van der Waals surface area contributed by atoms with E-state index in [0.717, 1.165) is 0 Å². The van der Waals surface area contributed by atoms with Gasteiger partial charge in [-0.1, -0.05) is 13.8 Å². The van der Waals surface area contributed by atoms with Gasteiger partial charge in [-0.2, -0.15) is 12.6 Å². The third-order valence-electron chi connectivity index (χ3n) is 3.08. The molecule has 0 aromatic heterocycles. The van der Waals surface area contributed by atoms with Gasteiger partial charge in [-0.05, 0) is 12.3 Å². The highest BCUT2D eigenvalue weighted by Gasteiger charge is 2.29. The molecule has 3 atom stereocenters. The minimum Gasteiger partial charge on any atom is -0.480 e. The number of carbonyl (C=O) groups excluding carboxylic acids is 3. The fraction of sp³-hybridized carbons (Fsp3) is 0.692. The van der Waals surface area contributed by atoms with E-state index in [1.165, 1.54) is 0 Å². The minimum absolute atomic E-state index is 0.0589. The Labute approximate surface area is 139 Å². The summed E-state index contributed by atoms with van der Waals surface area (Å²) in [6.45, 7) is 3.26. The SMILES string of the molecule is CC(C)[C@H](NC(=O)[C@H](CCC(N)=O)NC(=O)[C@@H](N)CS)C(=O)O. The maximum atomic E-state index is 12.2. The van der Waals surface area contributed by atoms with Crippen LogP contribution in [0.25, 0.3) is 0 Å². The molecule has 0 saturated heterocycles. The highest BCUT2D eigenvalue weighted by Crippen LogP contribution is 2.05. The summed E-state index contributed by atoms with van der Waals surface area (Å²) in [7, 11) is 0. The normalized spacial score (nSPS) is 14.7. The maximum absolute atomic E-state index is 12.2. The molecule has 0 radical (unpaired) electrons. The van der Waals surface area contributed by atoms with E-state index in [1.54, 1.807) is 13.8 Å². The average Bonchev–Trinajstić information content (AvgIpc) is 2.46. The second-order valence-electron chi connectivity index (χ2n) is 5.42. The Kier molecular flexibility index (Phi) is 9.27. The van der Waals surface area contributed by atoms with Gasteiger partial charge in [0.05, 0.1) is 6.04 Å². The van der Waals surface area contributed by atoms with Gasteiger partial charge in [-0.15, -0.1) is 0 Å². The number of carbonyl (C=O) groups is 4. The lowest BCUT2D eigenvalue weighted by Crippen LogP contribution is -2.55. The van der Waals surface area contributed by atoms with Gasteiger partial charge in [-0.25, -0.2) is 4.79 Å². The monoisotopic (exact) mass is 348 g/mol. The molecule has 10 heteroatoms. The summed E-state index contributed by atoms with van der Waals surface area (Å²) in [5.41, 5.74) is 10.6. The number of hydrogen-bond donors (Lipinski definition) is 6. The smallest absolute Gasteiger partial charge is 0.326 e. The highest BCUT2D eigenvalue weighted by molar-refractivity contribution is 7.80. The first kappa shape index (κ1) is 21.2. The van der Waals surface area contributed by atoms with Gasteiger partial charge in [0.25, 0.3) is 0 Å². The first-order valence-electron chi connectivity index (χ1n) is 7.08. The van der Waals surface area contributed by atoms with Crippen LogP contribution >= 0.6 is 12.6 Å². The zero-order chi connectivity index (χ0) is 18.2. The van der Waals surface area contributed by atoms with E-state index in [-0.39, 0.29) is 24.5 Å². The highest BCUT2D eigenvalue weighted by atomic mass is 32.1. The predicted molar refractivity (Wildman–Crippen MR) is 86.6 cm³/mol. The summed E-state index contributed by atoms with van der Waals surface area (Å²) in [4.78, 5) is 46.0. The summed E-state index contributed by atoms with van der Waals surface area (Å²) in [5, 5.41) is 13.8. The van der Waals surface area contributed by atoms with Gasteiger partial charge in [0, 0.05) is 12.2 Å². The molecular formula is C13H24N4O5S. The average molecular weight is 348 g/mol. The number of carboxylic acid groups (broad SMARTS) is 1. The first-order valence-corrected chi connectivity index (χ1v) is 7.71. The molecule has 132 valence electrons. The number of nitrogens with two attached hydrogens (primary N) is 2. The molecule has 0 aliphatic heterocycles. The Morgan fingerprint density at radius 2 is 1.70 bits per heavy atom. The standard InChI is InChI=1S/C13H24N4O5S/c1-6(2)10(13(21)22)17-12(20)8(3-4-9(15)18)16-11(19)7(14)5-23/h6-8,10,23H,3-5,14H2,1-2H3,(H2,15,18)(H,16,19)(H,17,20)(H,21,22)/t7-,8-,10-/m0/s1. The first-order chi connectivity index (χ1) is 10.6. The second kappa shape index (κ2) is 10.1. The Morgan fingerprint density at radius 3 is 2.09 bits per heavy atom. The summed E-state index contributed by atoms with van der Waals surface area (Å²) in [6.07, 6.45) is -0.204. The van der Waals surface area contributed by atoms with Crippen molar-refractivity contribution >= 4 is 36.3 Å². The van der Waals surface area contributed by atoms with Crippen LogP contribution in [0.5, 0.6) is 0 Å². The molecule has 9 nitrogen and oxygen atoms in total. The molecule has 0 unspecified atom stereocenters. The molecule has 7 N–H and O–H groups in total. The van der Waals surface area contributed by atoms with E-state index in [1.807, 2.05) is 0 Å². The number of primary amides is 1. The molecule has 0 aromatic carbocycles. The number of amides is 3. The Bertz CT molecular complexity index is 458. The molecular weight excluding hydrogens is 324 g/mol. The third-order valence-corrected chi connectivity index (χ3v) is 3.47. The summed E-state index contributed by atoms with van der Waals surface area (Å²) in [5.74, 6) is -3.47. The van der Waals surface area contributed by atoms with Crippen molar-refractivity contribution in [3.05, 3.63) is 0 Å². The van der Waals surface area contributed by atoms with E-state index in [9.17, 15) is 19.2 Å². The number of aliphatic carboxylic acids is 1. The molecule has 0 aromatic rings. The fourth-order valence-electron chi connectivity index (χ4n) is 1.68. The Balaban J connectivity index is 5.02. The van der Waals surface area contributed by atoms with Gasteiger partial charge >= 0.3 is 5.97 Å². The molecule has 0 aliphatic carbocycles. The Hall–Kier alpha value is -1.81. The van der Waals surface area contributed by atoms with Gasteiger partial charge in [0.15, 0.2) is 0 Å². The topological polar surface area (TPSA) is 165 Å². The van der Waals surface area contributed by atoms with Gasteiger partial charge in [0.1, 0.15) is 12.1 Å². The van der Waals surface area contributed by atoms with E-state index < -0.39 is 41.8 Å². The van der Waals surface area contributed by atoms with Gasteiger partial charge < -0.3 is 27.2 Å². The van der Waals surface area contributed by atoms with Crippen LogP contribution in [0.3, 0.4) is 0 Å². The number of nitrogens with one attached hydrogen (secondary N) is 2. The summed E-state index contributed by atoms with van der Waals surface area (Å²) >= 11 is 3.89. The van der Waals surface area contributed by atoms with E-state index in [0.29, 0.717) is 0 Å². The van der Waals surface area contributed by atoms with Crippen molar-refractivity contribution < 1.29 is 24.3 Å². The van der Waals surface area contributed by atoms with Crippen molar-refractivity contribution in [2.75, 3.05) is 5.75 Å². The molecule has 0 spiro atoms. The zero-order valence-corrected chi connectivity index (χ0v) is 14.0. The molecule has 0 bridgehead atoms. The van der Waals surface area contributed by atoms with Crippen molar-refractivity contribution in [1.29, 1.82) is 0 Å². The van der Waals surface area contributed by atoms with Crippen LogP contribution in [-0.2, 0) is 19.2 Å². The van der Waals surface area contributed by atoms with E-state index in [4.69, 9.17) is 16.6 Å². The quantitative estimate of drug-likeness (QED) is 0.255. The van der Waals surface area contributed by atoms with Crippen LogP contribution in [0.15, 0.2) is 0 Å². The molecule has 0 fully saturated rings. The summed E-state index contributed by atoms with van der Waals surface area (Å²) < 4.78 is 0. The lowest BCUT2D eigenvalue weighted by atomic mass is 10.0. The summed E-state index contributed by atoms with van der Waals surface area (Å²) in [6, 6.07) is -3.15. The van der Waals surface area contributed by atoms with Crippen molar-refractivity contribution in [1.82, 2.24) is 10.6 Å². The minimum atomic E-state index is -1.19. The van der Waals surface area contributed by atoms with Crippen LogP contribution in [0, 0.1) is 5.92 Å². The molecule has 0 saturated carbocycles. The van der Waals surface area contributed by atoms with Crippen LogP contribution in [0.4, 0.5) is 0 Å². The molecule has 0 heterocycles. The molecule has 23 heavy (non-hydrogen) atoms. The van der Waals surface area contributed by atoms with Crippen molar-refractivity contribution in [2.45, 2.75) is 44.8 Å². The Morgan fingerprint density at radius 1 is 1.13 bits per heavy atom. The number of rotatable bonds is 10. The number of hydrogen-bond acceptors (Lipinski definition) is 6. The van der Waals surface area contributed by atoms with Crippen LogP contribution in [0.2, 0.25) is 0 Å². The van der Waals surface area contributed by atoms with Crippen LogP contribution in [0.1, 0.15) is 26.7 Å². The van der Waals surface area contributed by atoms with Gasteiger partial charge in [0.2, 0.25) is 17.7 Å². The maximum Gasteiger partial charge on any atom is 0.326 e. The number of thiol groups is 1. The second-order valence-corrected chi connectivity index (χ2v) is 5.79. The van der Waals surface area contributed by atoms with Crippen molar-refractivity contribution in [2.24, 2.45) is 17.4 Å². The lowest BCUT2D eigenvalue weighted by molar-refractivity contribution is -0.143. The molecule has 3 amide bonds. The lowest BCUT2D eigenvalue weighted by Gasteiger charge is -2.23. The molecule has 0 rings (SSSR count). The van der Waals surface area contributed by atoms with Gasteiger partial charge in [-0.3, -0.25) is 14.4 Å². The van der Waals surface area contributed by atoms with E-state index in [2.05, 4.69) is 23.3 Å². The van der Waals surface area contributed by atoms with Crippen LogP contribution in [-0.4, -0.2) is 52.7 Å². The number of carboxylic acids is 1. The van der Waals surface area contributed by atoms with E-state index >= 15 is 0 Å². The zero-order valence-electron chi connectivity index (χ0n) is 13.1. The fourth-order valence-corrected chi connectivity index (χ4v) is 1.85. The van der Waals surface area contributed by atoms with Crippen LogP contribution < -0.4 is 22.1 Å². The third kappa shape index (κ3) is 7.84. The largest absolute Gasteiger partial charge is 0.480 e. The molecule has 0 aliphatic rings. The van der Waals surface area contributed by atoms with Crippen molar-refractivity contribution in [3.8, 4) is 0 Å².